The first-order chi connectivity index (χ1) is 15.0. The molecule has 1 aliphatic carbocycles. The van der Waals surface area contributed by atoms with E-state index < -0.39 is 0 Å². The quantitative estimate of drug-likeness (QED) is 0.686. The predicted molar refractivity (Wildman–Crippen MR) is 122 cm³/mol. The van der Waals surface area contributed by atoms with E-state index in [1.807, 2.05) is 29.2 Å². The number of amides is 2. The summed E-state index contributed by atoms with van der Waals surface area (Å²) < 4.78 is 0. The lowest BCUT2D eigenvalue weighted by Gasteiger charge is -2.42. The fourth-order valence-electron chi connectivity index (χ4n) is 5.58. The van der Waals surface area contributed by atoms with Crippen molar-refractivity contribution in [3.8, 4) is 0 Å². The Morgan fingerprint density at radius 1 is 0.839 bits per heavy atom. The zero-order valence-corrected chi connectivity index (χ0v) is 18.7. The van der Waals surface area contributed by atoms with E-state index in [1.165, 1.54) is 56.8 Å². The van der Waals surface area contributed by atoms with Gasteiger partial charge in [-0.15, -0.1) is 0 Å². The Bertz CT molecular complexity index is 808. The number of carbonyl (C=O) groups excluding carboxylic acids is 3. The number of ketones is 1. The highest BCUT2D eigenvalue weighted by Crippen LogP contribution is 2.37. The molecule has 0 radical (unpaired) electrons. The Hall–Kier alpha value is -2.21. The van der Waals surface area contributed by atoms with E-state index >= 15 is 0 Å². The molecule has 168 valence electrons. The first kappa shape index (κ1) is 22.0. The fourth-order valence-corrected chi connectivity index (χ4v) is 5.58. The van der Waals surface area contributed by atoms with Crippen LogP contribution in [0.4, 0.5) is 11.4 Å². The lowest BCUT2D eigenvalue weighted by atomic mass is 9.93. The number of Topliss-reactive ketones (excluding diaryl/α,β-unsaturated/α-hetero) is 1. The molecule has 2 heterocycles. The lowest BCUT2D eigenvalue weighted by molar-refractivity contribution is -0.127. The van der Waals surface area contributed by atoms with Crippen LogP contribution in [-0.2, 0) is 14.4 Å². The van der Waals surface area contributed by atoms with Gasteiger partial charge in [-0.1, -0.05) is 44.2 Å². The molecule has 6 heteroatoms. The van der Waals surface area contributed by atoms with Crippen molar-refractivity contribution in [1.82, 2.24) is 4.90 Å². The van der Waals surface area contributed by atoms with Crippen LogP contribution in [0.2, 0.25) is 0 Å². The van der Waals surface area contributed by atoms with Crippen LogP contribution in [0, 0.1) is 0 Å². The Morgan fingerprint density at radius 3 is 2.10 bits per heavy atom. The number of benzene rings is 1. The Labute approximate surface area is 185 Å². The minimum Gasteiger partial charge on any atom is -0.307 e. The minimum absolute atomic E-state index is 0.0110. The van der Waals surface area contributed by atoms with Gasteiger partial charge in [-0.3, -0.25) is 14.4 Å². The molecule has 2 aliphatic heterocycles. The number of rotatable bonds is 4. The minimum atomic E-state index is -0.290. The van der Waals surface area contributed by atoms with Crippen molar-refractivity contribution in [1.29, 1.82) is 0 Å². The zero-order valence-electron chi connectivity index (χ0n) is 18.7. The second-order valence-corrected chi connectivity index (χ2v) is 9.38. The van der Waals surface area contributed by atoms with E-state index in [9.17, 15) is 14.4 Å². The van der Waals surface area contributed by atoms with E-state index in [4.69, 9.17) is 0 Å². The SMILES string of the molecule is CC(=O)CN1C(=O)CC(=O)N(C2CCN(C3CCCCCCC3)CC2)c2ccccc21. The van der Waals surface area contributed by atoms with Crippen LogP contribution in [0.3, 0.4) is 0 Å². The summed E-state index contributed by atoms with van der Waals surface area (Å²) in [6.07, 6.45) is 11.0. The largest absolute Gasteiger partial charge is 0.307 e. The summed E-state index contributed by atoms with van der Waals surface area (Å²) in [5, 5.41) is 0. The van der Waals surface area contributed by atoms with Crippen molar-refractivity contribution in [2.45, 2.75) is 83.2 Å². The van der Waals surface area contributed by atoms with Crippen molar-refractivity contribution in [3.63, 3.8) is 0 Å². The van der Waals surface area contributed by atoms with Gasteiger partial charge in [-0.05, 0) is 44.7 Å². The van der Waals surface area contributed by atoms with Crippen LogP contribution in [0.1, 0.15) is 71.1 Å². The van der Waals surface area contributed by atoms with Gasteiger partial charge in [0.2, 0.25) is 11.8 Å². The van der Waals surface area contributed by atoms with E-state index in [-0.39, 0.29) is 36.6 Å². The molecular formula is C25H35N3O3. The van der Waals surface area contributed by atoms with Gasteiger partial charge in [0.05, 0.1) is 17.9 Å². The molecular weight excluding hydrogens is 390 g/mol. The number of hydrogen-bond acceptors (Lipinski definition) is 4. The molecule has 1 saturated carbocycles. The van der Waals surface area contributed by atoms with Gasteiger partial charge in [0.1, 0.15) is 12.2 Å². The molecule has 31 heavy (non-hydrogen) atoms. The maximum absolute atomic E-state index is 13.2. The third-order valence-corrected chi connectivity index (χ3v) is 7.14. The summed E-state index contributed by atoms with van der Waals surface area (Å²) >= 11 is 0. The Kier molecular flexibility index (Phi) is 7.06. The van der Waals surface area contributed by atoms with Crippen LogP contribution in [-0.4, -0.2) is 54.2 Å². The van der Waals surface area contributed by atoms with E-state index in [0.717, 1.165) is 31.6 Å². The monoisotopic (exact) mass is 425 g/mol. The van der Waals surface area contributed by atoms with Gasteiger partial charge in [-0.2, -0.15) is 0 Å². The van der Waals surface area contributed by atoms with Crippen LogP contribution >= 0.6 is 0 Å². The number of nitrogens with zero attached hydrogens (tertiary/aromatic N) is 3. The third kappa shape index (κ3) is 5.00. The van der Waals surface area contributed by atoms with Gasteiger partial charge in [0.25, 0.3) is 0 Å². The van der Waals surface area contributed by atoms with Crippen molar-refractivity contribution >= 4 is 29.0 Å². The highest BCUT2D eigenvalue weighted by molar-refractivity contribution is 6.16. The number of likely N-dealkylation sites (tertiary alicyclic amines) is 1. The highest BCUT2D eigenvalue weighted by Gasteiger charge is 2.37. The number of piperidine rings is 1. The molecule has 1 saturated heterocycles. The van der Waals surface area contributed by atoms with Gasteiger partial charge in [0, 0.05) is 25.2 Å². The van der Waals surface area contributed by atoms with Gasteiger partial charge in [-0.25, -0.2) is 0 Å². The average Bonchev–Trinajstić information content (AvgIpc) is 2.82. The molecule has 3 aliphatic rings. The lowest BCUT2D eigenvalue weighted by Crippen LogP contribution is -2.50. The summed E-state index contributed by atoms with van der Waals surface area (Å²) in [5.74, 6) is -0.522. The van der Waals surface area contributed by atoms with Crippen LogP contribution < -0.4 is 9.80 Å². The summed E-state index contributed by atoms with van der Waals surface area (Å²) in [6.45, 7) is 3.50. The van der Waals surface area contributed by atoms with E-state index in [1.54, 1.807) is 0 Å². The molecule has 0 bridgehead atoms. The number of carbonyl (C=O) groups is 3. The predicted octanol–water partition coefficient (Wildman–Crippen LogP) is 3.92. The maximum atomic E-state index is 13.2. The molecule has 0 aromatic heterocycles. The Morgan fingerprint density at radius 2 is 1.45 bits per heavy atom. The van der Waals surface area contributed by atoms with E-state index in [2.05, 4.69) is 4.90 Å². The maximum Gasteiger partial charge on any atom is 0.236 e. The van der Waals surface area contributed by atoms with Crippen molar-refractivity contribution in [2.75, 3.05) is 29.4 Å². The molecule has 6 nitrogen and oxygen atoms in total. The van der Waals surface area contributed by atoms with Gasteiger partial charge in [0.15, 0.2) is 0 Å². The van der Waals surface area contributed by atoms with Gasteiger partial charge >= 0.3 is 0 Å². The highest BCUT2D eigenvalue weighted by atomic mass is 16.2. The number of hydrogen-bond donors (Lipinski definition) is 0. The molecule has 2 fully saturated rings. The molecule has 0 spiro atoms. The molecule has 0 N–H and O–H groups in total. The third-order valence-electron chi connectivity index (χ3n) is 7.14. The fraction of sp³-hybridized carbons (Fsp3) is 0.640. The normalized spacial score (nSPS) is 22.6. The van der Waals surface area contributed by atoms with Crippen molar-refractivity contribution in [3.05, 3.63) is 24.3 Å². The number of fused-ring (bicyclic) bond motifs is 1. The molecule has 1 aromatic carbocycles. The summed E-state index contributed by atoms with van der Waals surface area (Å²) in [7, 11) is 0. The summed E-state index contributed by atoms with van der Waals surface area (Å²) in [6, 6.07) is 8.32. The smallest absolute Gasteiger partial charge is 0.236 e. The average molecular weight is 426 g/mol. The standard InChI is InChI=1S/C25H35N3O3/c1-19(29)18-27-22-11-7-8-12-23(22)28(25(31)17-24(27)30)21-13-15-26(16-14-21)20-9-5-3-2-4-6-10-20/h7-8,11-12,20-21H,2-6,9-10,13-18H2,1H3. The molecule has 1 aromatic rings. The van der Waals surface area contributed by atoms with Gasteiger partial charge < -0.3 is 14.7 Å². The number of para-hydroxylation sites is 2. The number of anilines is 2. The Balaban J connectivity index is 1.51. The van der Waals surface area contributed by atoms with Crippen LogP contribution in [0.5, 0.6) is 0 Å². The second kappa shape index (κ2) is 9.94. The van der Waals surface area contributed by atoms with Crippen molar-refractivity contribution < 1.29 is 14.4 Å². The molecule has 4 rings (SSSR count). The second-order valence-electron chi connectivity index (χ2n) is 9.38. The first-order valence-corrected chi connectivity index (χ1v) is 12.0. The first-order valence-electron chi connectivity index (χ1n) is 12.0. The van der Waals surface area contributed by atoms with Crippen LogP contribution in [0.15, 0.2) is 24.3 Å². The summed E-state index contributed by atoms with van der Waals surface area (Å²) in [4.78, 5) is 43.7. The van der Waals surface area contributed by atoms with Crippen molar-refractivity contribution in [2.24, 2.45) is 0 Å². The van der Waals surface area contributed by atoms with Crippen LogP contribution in [0.25, 0.3) is 0 Å². The molecule has 0 unspecified atom stereocenters. The topological polar surface area (TPSA) is 60.9 Å². The zero-order chi connectivity index (χ0) is 21.8. The van der Waals surface area contributed by atoms with E-state index in [0.29, 0.717) is 11.7 Å². The summed E-state index contributed by atoms with van der Waals surface area (Å²) in [5.41, 5.74) is 1.44. The molecule has 2 amide bonds. The molecule has 0 atom stereocenters.